The molecule has 0 amide bonds. The molecule has 82 valence electrons. The molecule has 0 heterocycles. The molecule has 4 heteroatoms. The molecule has 0 aliphatic rings. The Morgan fingerprint density at radius 3 is 3.00 bits per heavy atom. The summed E-state index contributed by atoms with van der Waals surface area (Å²) in [6.45, 7) is 2.22. The van der Waals surface area contributed by atoms with E-state index in [2.05, 4.69) is 0 Å². The average Bonchev–Trinajstić information content (AvgIpc) is 2.27. The minimum atomic E-state index is -0.211. The van der Waals surface area contributed by atoms with Crippen molar-refractivity contribution in [1.29, 1.82) is 0 Å². The van der Waals surface area contributed by atoms with Crippen LogP contribution >= 0.6 is 11.8 Å². The van der Waals surface area contributed by atoms with E-state index in [0.29, 0.717) is 12.4 Å². The standard InChI is InChI=1S/C11H14O3S/c1-2-14-11(13)8-15-10-5-3-4-9(6-10)7-12/h3-6,12H,2,7-8H2,1H3. The third-order valence-electron chi connectivity index (χ3n) is 1.74. The first-order valence-electron chi connectivity index (χ1n) is 4.74. The molecule has 0 saturated carbocycles. The van der Waals surface area contributed by atoms with Gasteiger partial charge in [0.2, 0.25) is 0 Å². The first-order chi connectivity index (χ1) is 7.26. The van der Waals surface area contributed by atoms with Crippen LogP contribution in [-0.4, -0.2) is 23.4 Å². The summed E-state index contributed by atoms with van der Waals surface area (Å²) in [4.78, 5) is 12.0. The van der Waals surface area contributed by atoms with E-state index < -0.39 is 0 Å². The Hall–Kier alpha value is -1.00. The van der Waals surface area contributed by atoms with Crippen LogP contribution in [0.15, 0.2) is 29.2 Å². The van der Waals surface area contributed by atoms with E-state index in [0.717, 1.165) is 10.5 Å². The fourth-order valence-corrected chi connectivity index (χ4v) is 1.86. The van der Waals surface area contributed by atoms with Crippen molar-refractivity contribution in [2.45, 2.75) is 18.4 Å². The van der Waals surface area contributed by atoms with Crippen molar-refractivity contribution in [3.8, 4) is 0 Å². The van der Waals surface area contributed by atoms with E-state index in [1.807, 2.05) is 24.3 Å². The van der Waals surface area contributed by atoms with E-state index in [4.69, 9.17) is 9.84 Å². The summed E-state index contributed by atoms with van der Waals surface area (Å²) in [5, 5.41) is 8.92. The summed E-state index contributed by atoms with van der Waals surface area (Å²) in [6, 6.07) is 7.47. The maximum absolute atomic E-state index is 11.1. The van der Waals surface area contributed by atoms with Crippen LogP contribution in [0, 0.1) is 0 Å². The maximum atomic E-state index is 11.1. The molecule has 1 N–H and O–H groups in total. The molecule has 1 aromatic rings. The van der Waals surface area contributed by atoms with Crippen LogP contribution in [0.4, 0.5) is 0 Å². The van der Waals surface area contributed by atoms with Gasteiger partial charge in [0.1, 0.15) is 0 Å². The van der Waals surface area contributed by atoms with Gasteiger partial charge in [0.15, 0.2) is 0 Å². The highest BCUT2D eigenvalue weighted by molar-refractivity contribution is 8.00. The molecule has 1 aromatic carbocycles. The lowest BCUT2D eigenvalue weighted by Crippen LogP contribution is -2.06. The summed E-state index contributed by atoms with van der Waals surface area (Å²) in [7, 11) is 0. The van der Waals surface area contributed by atoms with Crippen molar-refractivity contribution in [3.05, 3.63) is 29.8 Å². The van der Waals surface area contributed by atoms with Crippen molar-refractivity contribution in [2.24, 2.45) is 0 Å². The largest absolute Gasteiger partial charge is 0.465 e. The third-order valence-corrected chi connectivity index (χ3v) is 2.71. The van der Waals surface area contributed by atoms with E-state index >= 15 is 0 Å². The minimum absolute atomic E-state index is 0.0216. The predicted molar refractivity (Wildman–Crippen MR) is 59.7 cm³/mol. The van der Waals surface area contributed by atoms with Gasteiger partial charge in [0.25, 0.3) is 0 Å². The zero-order valence-electron chi connectivity index (χ0n) is 8.60. The Morgan fingerprint density at radius 1 is 1.53 bits per heavy atom. The lowest BCUT2D eigenvalue weighted by Gasteiger charge is -2.03. The van der Waals surface area contributed by atoms with E-state index in [1.165, 1.54) is 11.8 Å². The van der Waals surface area contributed by atoms with Gasteiger partial charge in [-0.25, -0.2) is 0 Å². The molecule has 15 heavy (non-hydrogen) atoms. The first-order valence-corrected chi connectivity index (χ1v) is 5.73. The van der Waals surface area contributed by atoms with Crippen molar-refractivity contribution < 1.29 is 14.6 Å². The molecule has 0 unspecified atom stereocenters. The molecule has 0 atom stereocenters. The Kier molecular flexibility index (Phi) is 5.21. The quantitative estimate of drug-likeness (QED) is 0.614. The van der Waals surface area contributed by atoms with Gasteiger partial charge >= 0.3 is 5.97 Å². The number of ether oxygens (including phenoxy) is 1. The molecule has 0 saturated heterocycles. The number of esters is 1. The van der Waals surface area contributed by atoms with Gasteiger partial charge in [-0.05, 0) is 24.6 Å². The van der Waals surface area contributed by atoms with Crippen LogP contribution in [-0.2, 0) is 16.1 Å². The molecule has 0 aliphatic carbocycles. The Balaban J connectivity index is 2.46. The average molecular weight is 226 g/mol. The summed E-state index contributed by atoms with van der Waals surface area (Å²) in [5.41, 5.74) is 0.851. The van der Waals surface area contributed by atoms with Crippen molar-refractivity contribution in [3.63, 3.8) is 0 Å². The second-order valence-electron chi connectivity index (χ2n) is 2.90. The smallest absolute Gasteiger partial charge is 0.316 e. The second kappa shape index (κ2) is 6.48. The van der Waals surface area contributed by atoms with Gasteiger partial charge in [0.05, 0.1) is 19.0 Å². The number of benzene rings is 1. The normalized spacial score (nSPS) is 10.0. The Labute approximate surface area is 93.4 Å². The summed E-state index contributed by atoms with van der Waals surface area (Å²) < 4.78 is 4.81. The van der Waals surface area contributed by atoms with E-state index in [-0.39, 0.29) is 12.6 Å². The minimum Gasteiger partial charge on any atom is -0.465 e. The van der Waals surface area contributed by atoms with E-state index in [9.17, 15) is 4.79 Å². The number of carbonyl (C=O) groups excluding carboxylic acids is 1. The van der Waals surface area contributed by atoms with Gasteiger partial charge in [-0.3, -0.25) is 4.79 Å². The summed E-state index contributed by atoms with van der Waals surface area (Å²) >= 11 is 1.41. The van der Waals surface area contributed by atoms with Gasteiger partial charge in [-0.15, -0.1) is 11.8 Å². The van der Waals surface area contributed by atoms with E-state index in [1.54, 1.807) is 6.92 Å². The zero-order chi connectivity index (χ0) is 11.1. The molecule has 1 rings (SSSR count). The monoisotopic (exact) mass is 226 g/mol. The van der Waals surface area contributed by atoms with Crippen LogP contribution < -0.4 is 0 Å². The molecular formula is C11H14O3S. The van der Waals surface area contributed by atoms with Crippen LogP contribution in [0.2, 0.25) is 0 Å². The number of aliphatic hydroxyl groups excluding tert-OH is 1. The van der Waals surface area contributed by atoms with Gasteiger partial charge in [0, 0.05) is 4.90 Å². The van der Waals surface area contributed by atoms with Gasteiger partial charge in [-0.1, -0.05) is 12.1 Å². The summed E-state index contributed by atoms with van der Waals surface area (Å²) in [5.74, 6) is 0.0971. The third kappa shape index (κ3) is 4.36. The van der Waals surface area contributed by atoms with Crippen LogP contribution in [0.5, 0.6) is 0 Å². The Bertz CT molecular complexity index is 325. The van der Waals surface area contributed by atoms with Crippen LogP contribution in [0.25, 0.3) is 0 Å². The number of aliphatic hydroxyl groups is 1. The highest BCUT2D eigenvalue weighted by Crippen LogP contribution is 2.19. The number of thioether (sulfide) groups is 1. The molecule has 0 spiro atoms. The topological polar surface area (TPSA) is 46.5 Å². The predicted octanol–water partition coefficient (Wildman–Crippen LogP) is 1.83. The molecule has 0 aromatic heterocycles. The highest BCUT2D eigenvalue weighted by atomic mass is 32.2. The number of carbonyl (C=O) groups is 1. The lowest BCUT2D eigenvalue weighted by atomic mass is 10.2. The molecule has 0 bridgehead atoms. The van der Waals surface area contributed by atoms with Crippen molar-refractivity contribution >= 4 is 17.7 Å². The number of rotatable bonds is 5. The van der Waals surface area contributed by atoms with Crippen LogP contribution in [0.1, 0.15) is 12.5 Å². The lowest BCUT2D eigenvalue weighted by molar-refractivity contribution is -0.139. The van der Waals surface area contributed by atoms with Crippen molar-refractivity contribution in [2.75, 3.05) is 12.4 Å². The molecular weight excluding hydrogens is 212 g/mol. The molecule has 0 aliphatic heterocycles. The highest BCUT2D eigenvalue weighted by Gasteiger charge is 2.03. The summed E-state index contributed by atoms with van der Waals surface area (Å²) in [6.07, 6.45) is 0. The Morgan fingerprint density at radius 2 is 2.33 bits per heavy atom. The molecule has 0 fully saturated rings. The SMILES string of the molecule is CCOC(=O)CSc1cccc(CO)c1. The number of hydrogen-bond acceptors (Lipinski definition) is 4. The second-order valence-corrected chi connectivity index (χ2v) is 3.95. The number of hydrogen-bond donors (Lipinski definition) is 1. The zero-order valence-corrected chi connectivity index (χ0v) is 9.42. The molecule has 0 radical (unpaired) electrons. The fourth-order valence-electron chi connectivity index (χ4n) is 1.08. The van der Waals surface area contributed by atoms with Gasteiger partial charge < -0.3 is 9.84 Å². The first kappa shape index (κ1) is 12.1. The van der Waals surface area contributed by atoms with Gasteiger partial charge in [-0.2, -0.15) is 0 Å². The molecule has 3 nitrogen and oxygen atoms in total. The maximum Gasteiger partial charge on any atom is 0.316 e. The fraction of sp³-hybridized carbons (Fsp3) is 0.364. The van der Waals surface area contributed by atoms with Crippen LogP contribution in [0.3, 0.4) is 0 Å². The van der Waals surface area contributed by atoms with Crippen molar-refractivity contribution in [1.82, 2.24) is 0 Å².